The number of aliphatic hydroxyl groups is 4. The first kappa shape index (κ1) is 14.1. The van der Waals surface area contributed by atoms with Gasteiger partial charge in [0.2, 0.25) is 0 Å². The zero-order valence-corrected chi connectivity index (χ0v) is 10.8. The summed E-state index contributed by atoms with van der Waals surface area (Å²) < 4.78 is 5.34. The van der Waals surface area contributed by atoms with Crippen molar-refractivity contribution in [2.75, 3.05) is 11.9 Å². The summed E-state index contributed by atoms with van der Waals surface area (Å²) in [5.41, 5.74) is 0.937. The van der Waals surface area contributed by atoms with E-state index in [0.717, 1.165) is 0 Å². The summed E-state index contributed by atoms with van der Waals surface area (Å²) in [5.74, 6) is 0.297. The molecule has 3 heterocycles. The third kappa shape index (κ3) is 2.43. The van der Waals surface area contributed by atoms with Gasteiger partial charge < -0.3 is 35.5 Å². The molecular weight excluding hydrogens is 282 g/mol. The van der Waals surface area contributed by atoms with Crippen LogP contribution in [-0.2, 0) is 4.74 Å². The molecule has 0 unspecified atom stereocenters. The number of nitrogens with one attached hydrogen (secondary N) is 2. The van der Waals surface area contributed by atoms with Gasteiger partial charge in [0, 0.05) is 0 Å². The van der Waals surface area contributed by atoms with Crippen LogP contribution in [0.1, 0.15) is 0 Å². The van der Waals surface area contributed by atoms with Gasteiger partial charge in [0.1, 0.15) is 36.3 Å². The standard InChI is InChI=1S/C11H15N5O5/c17-1-4-6(18)7(19)8(20)11(21-4)16-10-5-9(13-2-12-5)14-3-15-10/h2-4,6-8,11,17-20H,1H2,(H2,12,13,14,15,16)/t4-,6-,7+,8+,11-/m1/s1. The molecule has 0 saturated carbocycles. The number of hydrogen-bond donors (Lipinski definition) is 6. The molecule has 0 spiro atoms. The first-order valence-corrected chi connectivity index (χ1v) is 6.33. The van der Waals surface area contributed by atoms with Crippen molar-refractivity contribution in [3.63, 3.8) is 0 Å². The number of imidazole rings is 1. The maximum atomic E-state index is 9.95. The Hall–Kier alpha value is -1.85. The lowest BCUT2D eigenvalue weighted by atomic mass is 9.98. The van der Waals surface area contributed by atoms with Gasteiger partial charge in [-0.05, 0) is 0 Å². The van der Waals surface area contributed by atoms with Gasteiger partial charge in [0.05, 0.1) is 12.9 Å². The Kier molecular flexibility index (Phi) is 3.69. The summed E-state index contributed by atoms with van der Waals surface area (Å²) in [5, 5.41) is 41.3. The molecular formula is C11H15N5O5. The van der Waals surface area contributed by atoms with Crippen LogP contribution in [0.3, 0.4) is 0 Å². The van der Waals surface area contributed by atoms with Crippen molar-refractivity contribution in [2.45, 2.75) is 30.6 Å². The van der Waals surface area contributed by atoms with Crippen molar-refractivity contribution in [2.24, 2.45) is 0 Å². The molecule has 1 fully saturated rings. The molecule has 3 rings (SSSR count). The van der Waals surface area contributed by atoms with Gasteiger partial charge in [0.25, 0.3) is 0 Å². The second-order valence-corrected chi connectivity index (χ2v) is 4.72. The van der Waals surface area contributed by atoms with E-state index in [2.05, 4.69) is 25.3 Å². The number of fused-ring (bicyclic) bond motifs is 1. The van der Waals surface area contributed by atoms with E-state index in [4.69, 9.17) is 9.84 Å². The molecule has 1 aliphatic rings. The van der Waals surface area contributed by atoms with Crippen molar-refractivity contribution in [3.05, 3.63) is 12.7 Å². The van der Waals surface area contributed by atoms with Crippen LogP contribution in [0, 0.1) is 0 Å². The largest absolute Gasteiger partial charge is 0.394 e. The fourth-order valence-corrected chi connectivity index (χ4v) is 2.23. The number of aliphatic hydroxyl groups excluding tert-OH is 4. The molecule has 0 aliphatic carbocycles. The van der Waals surface area contributed by atoms with E-state index in [1.807, 2.05) is 0 Å². The highest BCUT2D eigenvalue weighted by atomic mass is 16.6. The number of aromatic nitrogens is 4. The van der Waals surface area contributed by atoms with Crippen molar-refractivity contribution in [1.82, 2.24) is 19.9 Å². The number of hydrogen-bond acceptors (Lipinski definition) is 9. The minimum absolute atomic E-state index is 0.297. The lowest BCUT2D eigenvalue weighted by Crippen LogP contribution is -2.60. The fourth-order valence-electron chi connectivity index (χ4n) is 2.23. The number of H-pyrrole nitrogens is 1. The van der Waals surface area contributed by atoms with Gasteiger partial charge in [-0.1, -0.05) is 0 Å². The van der Waals surface area contributed by atoms with Gasteiger partial charge in [-0.25, -0.2) is 15.0 Å². The summed E-state index contributed by atoms with van der Waals surface area (Å²) in [7, 11) is 0. The van der Waals surface area contributed by atoms with E-state index >= 15 is 0 Å². The molecule has 0 bridgehead atoms. The Morgan fingerprint density at radius 3 is 2.71 bits per heavy atom. The van der Waals surface area contributed by atoms with Crippen LogP contribution in [0.2, 0.25) is 0 Å². The van der Waals surface area contributed by atoms with Crippen molar-refractivity contribution < 1.29 is 25.2 Å². The maximum absolute atomic E-state index is 9.95. The highest BCUT2D eigenvalue weighted by Gasteiger charge is 2.43. The number of rotatable bonds is 3. The van der Waals surface area contributed by atoms with E-state index in [1.54, 1.807) is 0 Å². The van der Waals surface area contributed by atoms with Crippen LogP contribution < -0.4 is 5.32 Å². The minimum Gasteiger partial charge on any atom is -0.394 e. The number of anilines is 1. The highest BCUT2D eigenvalue weighted by molar-refractivity contribution is 5.81. The average Bonchev–Trinajstić information content (AvgIpc) is 2.97. The maximum Gasteiger partial charge on any atom is 0.162 e. The van der Waals surface area contributed by atoms with E-state index in [1.165, 1.54) is 12.7 Å². The van der Waals surface area contributed by atoms with Gasteiger partial charge in [-0.2, -0.15) is 0 Å². The second-order valence-electron chi connectivity index (χ2n) is 4.72. The predicted octanol–water partition coefficient (Wildman–Crippen LogP) is -2.44. The lowest BCUT2D eigenvalue weighted by Gasteiger charge is -2.40. The zero-order chi connectivity index (χ0) is 15.0. The molecule has 0 amide bonds. The molecule has 1 saturated heterocycles. The predicted molar refractivity (Wildman–Crippen MR) is 69.1 cm³/mol. The van der Waals surface area contributed by atoms with E-state index in [-0.39, 0.29) is 0 Å². The zero-order valence-electron chi connectivity index (χ0n) is 10.8. The Labute approximate surface area is 118 Å². The summed E-state index contributed by atoms with van der Waals surface area (Å²) >= 11 is 0. The van der Waals surface area contributed by atoms with E-state index < -0.39 is 37.3 Å². The molecule has 2 aromatic rings. The topological polar surface area (TPSA) is 157 Å². The summed E-state index contributed by atoms with van der Waals surface area (Å²) in [6.45, 7) is -0.495. The average molecular weight is 297 g/mol. The van der Waals surface area contributed by atoms with Gasteiger partial charge in [-0.15, -0.1) is 0 Å². The molecule has 10 heteroatoms. The van der Waals surface area contributed by atoms with Gasteiger partial charge >= 0.3 is 0 Å². The second kappa shape index (κ2) is 5.50. The van der Waals surface area contributed by atoms with Crippen LogP contribution in [0.5, 0.6) is 0 Å². The van der Waals surface area contributed by atoms with E-state index in [0.29, 0.717) is 17.0 Å². The van der Waals surface area contributed by atoms with Crippen LogP contribution >= 0.6 is 0 Å². The summed E-state index contributed by atoms with van der Waals surface area (Å²) in [6.07, 6.45) is -3.56. The number of ether oxygens (including phenoxy) is 1. The van der Waals surface area contributed by atoms with Crippen LogP contribution in [-0.4, -0.2) is 77.6 Å². The Bertz CT molecular complexity index is 620. The molecule has 0 radical (unpaired) electrons. The quantitative estimate of drug-likeness (QED) is 0.362. The van der Waals surface area contributed by atoms with Crippen LogP contribution in [0.4, 0.5) is 5.82 Å². The molecule has 2 aromatic heterocycles. The Balaban J connectivity index is 1.85. The Morgan fingerprint density at radius 2 is 1.95 bits per heavy atom. The number of aromatic amines is 1. The third-order valence-corrected chi connectivity index (χ3v) is 3.39. The molecule has 1 aliphatic heterocycles. The summed E-state index contributed by atoms with van der Waals surface area (Å²) in [4.78, 5) is 14.8. The minimum atomic E-state index is -1.45. The highest BCUT2D eigenvalue weighted by Crippen LogP contribution is 2.24. The van der Waals surface area contributed by atoms with Crippen molar-refractivity contribution in [1.29, 1.82) is 0 Å². The molecule has 10 nitrogen and oxygen atoms in total. The third-order valence-electron chi connectivity index (χ3n) is 3.39. The number of nitrogens with zero attached hydrogens (tertiary/aromatic N) is 3. The first-order valence-electron chi connectivity index (χ1n) is 6.33. The van der Waals surface area contributed by atoms with Crippen LogP contribution in [0.25, 0.3) is 11.2 Å². The molecule has 5 atom stereocenters. The first-order chi connectivity index (χ1) is 10.1. The fraction of sp³-hybridized carbons (Fsp3) is 0.545. The molecule has 0 aromatic carbocycles. The lowest BCUT2D eigenvalue weighted by molar-refractivity contribution is -0.221. The summed E-state index contributed by atoms with van der Waals surface area (Å²) in [6, 6.07) is 0. The van der Waals surface area contributed by atoms with Crippen LogP contribution in [0.15, 0.2) is 12.7 Å². The normalized spacial score (nSPS) is 33.2. The van der Waals surface area contributed by atoms with Gasteiger partial charge in [-0.3, -0.25) is 0 Å². The molecule has 21 heavy (non-hydrogen) atoms. The van der Waals surface area contributed by atoms with Crippen molar-refractivity contribution >= 4 is 17.0 Å². The smallest absolute Gasteiger partial charge is 0.162 e. The molecule has 6 N–H and O–H groups in total. The molecule has 114 valence electrons. The monoisotopic (exact) mass is 297 g/mol. The van der Waals surface area contributed by atoms with E-state index in [9.17, 15) is 15.3 Å². The van der Waals surface area contributed by atoms with Crippen molar-refractivity contribution in [3.8, 4) is 0 Å². The van der Waals surface area contributed by atoms with Gasteiger partial charge in [0.15, 0.2) is 17.7 Å². The SMILES string of the molecule is OC[C@H]1O[C@@H](Nc2ncnc3[nH]cnc23)[C@@H](O)[C@@H](O)[C@@H]1O. The Morgan fingerprint density at radius 1 is 1.14 bits per heavy atom.